The van der Waals surface area contributed by atoms with Crippen molar-refractivity contribution in [3.63, 3.8) is 0 Å². The minimum Gasteiger partial charge on any atom is -0.387 e. The molecule has 2 aromatic rings. The maximum Gasteiger partial charge on any atom is 0.340 e. The summed E-state index contributed by atoms with van der Waals surface area (Å²) in [4.78, 5) is 37.9. The number of hydrogen-bond acceptors (Lipinski definition) is 10. The number of fused-ring (bicyclic) bond motifs is 1. The van der Waals surface area contributed by atoms with E-state index in [4.69, 9.17) is 20.3 Å². The van der Waals surface area contributed by atoms with E-state index in [2.05, 4.69) is 26.1 Å². The standard InChI is InChI=1S/C13H18FN5O9P2/c1-5(19-3-16-7-11(15)17-13(14)18-12(7)19)10-9(21)8(20)6(28-10)2-27-30(25,26)4-29(22,23)24/h3,6,8-10,20-21H,1-2,4H2,(H,25,26)(H2,15,17,18)(H2,22,23,24)/t6-,8-,9+,10+/m1/s1. The number of rotatable bonds is 7. The van der Waals surface area contributed by atoms with Crippen LogP contribution in [0.25, 0.3) is 16.9 Å². The Balaban J connectivity index is 1.76. The first kappa shape index (κ1) is 22.9. The van der Waals surface area contributed by atoms with Gasteiger partial charge in [0.1, 0.15) is 30.7 Å². The summed E-state index contributed by atoms with van der Waals surface area (Å²) >= 11 is 0. The topological polar surface area (TPSA) is 223 Å². The lowest BCUT2D eigenvalue weighted by atomic mass is 10.1. The number of anilines is 1. The number of nitrogens with two attached hydrogens (primary N) is 1. The van der Waals surface area contributed by atoms with Gasteiger partial charge in [0, 0.05) is 0 Å². The van der Waals surface area contributed by atoms with Gasteiger partial charge >= 0.3 is 21.3 Å². The Bertz CT molecular complexity index is 1070. The Morgan fingerprint density at radius 3 is 2.60 bits per heavy atom. The summed E-state index contributed by atoms with van der Waals surface area (Å²) in [5.74, 6) is -1.65. The predicted molar refractivity (Wildman–Crippen MR) is 98.4 cm³/mol. The number of aromatic nitrogens is 4. The Hall–Kier alpha value is -1.80. The first-order valence-electron chi connectivity index (χ1n) is 8.17. The van der Waals surface area contributed by atoms with Gasteiger partial charge in [0.2, 0.25) is 0 Å². The molecule has 1 saturated heterocycles. The van der Waals surface area contributed by atoms with Crippen molar-refractivity contribution in [3.8, 4) is 0 Å². The van der Waals surface area contributed by atoms with Gasteiger partial charge in [-0.3, -0.25) is 13.7 Å². The zero-order valence-electron chi connectivity index (χ0n) is 15.0. The zero-order valence-corrected chi connectivity index (χ0v) is 16.8. The molecule has 14 nitrogen and oxygen atoms in total. The number of imidazole rings is 1. The molecular formula is C13H18FN5O9P2. The molecule has 1 aliphatic heterocycles. The summed E-state index contributed by atoms with van der Waals surface area (Å²) < 4.78 is 47.3. The quantitative estimate of drug-likeness (QED) is 0.208. The third kappa shape index (κ3) is 4.75. The highest BCUT2D eigenvalue weighted by molar-refractivity contribution is 7.70. The van der Waals surface area contributed by atoms with Crippen LogP contribution in [0.2, 0.25) is 0 Å². The van der Waals surface area contributed by atoms with Gasteiger partial charge in [-0.1, -0.05) is 6.58 Å². The van der Waals surface area contributed by atoms with E-state index < -0.39 is 58.2 Å². The fraction of sp³-hybridized carbons (Fsp3) is 0.462. The van der Waals surface area contributed by atoms with E-state index >= 15 is 0 Å². The number of aliphatic hydroxyl groups is 2. The van der Waals surface area contributed by atoms with Gasteiger partial charge in [-0.25, -0.2) is 4.98 Å². The lowest BCUT2D eigenvalue weighted by Crippen LogP contribution is -2.35. The molecule has 166 valence electrons. The first-order valence-corrected chi connectivity index (χ1v) is 11.7. The minimum absolute atomic E-state index is 0.0218. The Morgan fingerprint density at radius 2 is 1.97 bits per heavy atom. The lowest BCUT2D eigenvalue weighted by molar-refractivity contribution is -0.00715. The Labute approximate surface area is 167 Å². The smallest absolute Gasteiger partial charge is 0.340 e. The third-order valence-corrected chi connectivity index (χ3v) is 7.66. The summed E-state index contributed by atoms with van der Waals surface area (Å²) in [5.41, 5.74) is 5.54. The fourth-order valence-corrected chi connectivity index (χ4v) is 5.44. The van der Waals surface area contributed by atoms with Gasteiger partial charge in [-0.05, 0) is 0 Å². The highest BCUT2D eigenvalue weighted by Crippen LogP contribution is 2.55. The summed E-state index contributed by atoms with van der Waals surface area (Å²) in [5, 5.41) is 20.4. The van der Waals surface area contributed by atoms with Crippen LogP contribution in [0.15, 0.2) is 12.9 Å². The molecule has 17 heteroatoms. The number of aliphatic hydroxyl groups excluding tert-OH is 2. The van der Waals surface area contributed by atoms with Crippen LogP contribution in [0.1, 0.15) is 0 Å². The van der Waals surface area contributed by atoms with Crippen LogP contribution in [-0.2, 0) is 18.4 Å². The first-order chi connectivity index (χ1) is 13.8. The van der Waals surface area contributed by atoms with E-state index in [0.717, 1.165) is 4.57 Å². The molecule has 0 bridgehead atoms. The Kier molecular flexibility index (Phi) is 6.13. The second kappa shape index (κ2) is 8.04. The average Bonchev–Trinajstić information content (AvgIpc) is 3.13. The van der Waals surface area contributed by atoms with Crippen LogP contribution < -0.4 is 5.73 Å². The number of hydrogen-bond donors (Lipinski definition) is 6. The van der Waals surface area contributed by atoms with Gasteiger partial charge in [-0.2, -0.15) is 14.4 Å². The van der Waals surface area contributed by atoms with Crippen molar-refractivity contribution in [3.05, 3.63) is 19.0 Å². The third-order valence-electron chi connectivity index (χ3n) is 4.20. The molecule has 1 unspecified atom stereocenters. The van der Waals surface area contributed by atoms with Crippen LogP contribution in [0.4, 0.5) is 10.2 Å². The molecular weight excluding hydrogens is 451 g/mol. The molecule has 1 fully saturated rings. The van der Waals surface area contributed by atoms with Crippen LogP contribution in [-0.4, -0.2) is 81.3 Å². The van der Waals surface area contributed by atoms with Crippen LogP contribution in [0, 0.1) is 6.08 Å². The summed E-state index contributed by atoms with van der Waals surface area (Å²) in [6.45, 7) is 2.96. The normalized spacial score (nSPS) is 26.7. The van der Waals surface area contributed by atoms with Gasteiger partial charge in [0.05, 0.1) is 12.3 Å². The second-order valence-electron chi connectivity index (χ2n) is 6.47. The molecule has 3 heterocycles. The van der Waals surface area contributed by atoms with E-state index in [9.17, 15) is 28.6 Å². The van der Waals surface area contributed by atoms with E-state index in [1.165, 1.54) is 6.33 Å². The van der Waals surface area contributed by atoms with Crippen molar-refractivity contribution in [1.29, 1.82) is 0 Å². The van der Waals surface area contributed by atoms with Gasteiger partial charge in [0.15, 0.2) is 22.9 Å². The molecule has 0 spiro atoms. The molecule has 30 heavy (non-hydrogen) atoms. The molecule has 5 atom stereocenters. The van der Waals surface area contributed by atoms with Crippen molar-refractivity contribution >= 4 is 37.9 Å². The van der Waals surface area contributed by atoms with Crippen molar-refractivity contribution < 1.29 is 47.7 Å². The van der Waals surface area contributed by atoms with E-state index in [-0.39, 0.29) is 22.7 Å². The molecule has 0 aromatic carbocycles. The monoisotopic (exact) mass is 469 g/mol. The fourth-order valence-electron chi connectivity index (χ4n) is 2.87. The van der Waals surface area contributed by atoms with Gasteiger partial charge < -0.3 is 39.9 Å². The maximum absolute atomic E-state index is 13.5. The number of nitrogens with zero attached hydrogens (tertiary/aromatic N) is 4. The number of halogens is 1. The minimum atomic E-state index is -4.84. The zero-order chi connectivity index (χ0) is 22.4. The molecule has 0 aliphatic carbocycles. The number of nitrogen functional groups attached to an aromatic ring is 1. The molecule has 0 saturated carbocycles. The molecule has 7 N–H and O–H groups in total. The SMILES string of the molecule is C=C([C@@H]1O[C@H](COP(=O)(O)CP(=O)(O)O)[C@@H](O)[C@@H]1O)n1cnc2c(N)nc(F)nc21. The highest BCUT2D eigenvalue weighted by atomic mass is 31.2. The summed E-state index contributed by atoms with van der Waals surface area (Å²) in [6.07, 6.45) is -5.76. The van der Waals surface area contributed by atoms with Crippen molar-refractivity contribution in [1.82, 2.24) is 19.5 Å². The summed E-state index contributed by atoms with van der Waals surface area (Å²) in [7, 11) is -9.53. The van der Waals surface area contributed by atoms with Crippen LogP contribution >= 0.6 is 15.2 Å². The van der Waals surface area contributed by atoms with E-state index in [1.54, 1.807) is 0 Å². The van der Waals surface area contributed by atoms with Crippen molar-refractivity contribution in [2.45, 2.75) is 24.4 Å². The molecule has 0 amide bonds. The molecule has 3 rings (SSSR count). The van der Waals surface area contributed by atoms with Crippen LogP contribution in [0.5, 0.6) is 0 Å². The summed E-state index contributed by atoms with van der Waals surface area (Å²) in [6, 6.07) is 0. The highest BCUT2D eigenvalue weighted by Gasteiger charge is 2.46. The molecule has 1 aliphatic rings. The van der Waals surface area contributed by atoms with E-state index in [1.807, 2.05) is 0 Å². The van der Waals surface area contributed by atoms with Crippen molar-refractivity contribution in [2.24, 2.45) is 0 Å². The lowest BCUT2D eigenvalue weighted by Gasteiger charge is -2.19. The maximum atomic E-state index is 13.5. The van der Waals surface area contributed by atoms with Crippen molar-refractivity contribution in [2.75, 3.05) is 18.2 Å². The molecule has 2 aromatic heterocycles. The van der Waals surface area contributed by atoms with E-state index in [0.29, 0.717) is 0 Å². The predicted octanol–water partition coefficient (Wildman–Crippen LogP) is -1.16. The average molecular weight is 469 g/mol. The second-order valence-corrected chi connectivity index (χ2v) is 10.5. The molecule has 0 radical (unpaired) electrons. The Morgan fingerprint density at radius 1 is 1.30 bits per heavy atom. The largest absolute Gasteiger partial charge is 0.387 e. The van der Waals surface area contributed by atoms with Gasteiger partial charge in [-0.15, -0.1) is 0 Å². The van der Waals surface area contributed by atoms with Crippen LogP contribution in [0.3, 0.4) is 0 Å². The number of ether oxygens (including phenoxy) is 1. The van der Waals surface area contributed by atoms with Gasteiger partial charge in [0.25, 0.3) is 0 Å².